The lowest BCUT2D eigenvalue weighted by atomic mass is 10.2. The second-order valence-corrected chi connectivity index (χ2v) is 4.56. The molecule has 1 aromatic carbocycles. The second kappa shape index (κ2) is 5.27. The number of halogens is 1. The van der Waals surface area contributed by atoms with E-state index in [0.29, 0.717) is 10.7 Å². The largest absolute Gasteiger partial charge is 0.397 e. The van der Waals surface area contributed by atoms with Crippen LogP contribution in [0.5, 0.6) is 0 Å². The van der Waals surface area contributed by atoms with E-state index in [2.05, 4.69) is 48.0 Å². The first-order valence-electron chi connectivity index (χ1n) is 5.87. The summed E-state index contributed by atoms with van der Waals surface area (Å²) in [6, 6.07) is 9.99. The summed E-state index contributed by atoms with van der Waals surface area (Å²) in [5.41, 5.74) is 8.53. The molecular formula is C14H16ClN3. The Kier molecular flexibility index (Phi) is 3.72. The van der Waals surface area contributed by atoms with Crippen LogP contribution in [0.15, 0.2) is 36.5 Å². The normalized spacial score (nSPS) is 10.4. The Morgan fingerprint density at radius 2 is 1.94 bits per heavy atom. The lowest BCUT2D eigenvalue weighted by Gasteiger charge is -2.23. The molecule has 2 rings (SSSR count). The van der Waals surface area contributed by atoms with Gasteiger partial charge in [-0.1, -0.05) is 29.3 Å². The quantitative estimate of drug-likeness (QED) is 0.914. The molecule has 0 atom stereocenters. The highest BCUT2D eigenvalue weighted by Crippen LogP contribution is 2.30. The molecule has 0 saturated heterocycles. The fourth-order valence-corrected chi connectivity index (χ4v) is 2.10. The van der Waals surface area contributed by atoms with Crippen molar-refractivity contribution in [3.05, 3.63) is 47.1 Å². The van der Waals surface area contributed by atoms with E-state index < -0.39 is 0 Å². The van der Waals surface area contributed by atoms with Gasteiger partial charge in [0.2, 0.25) is 0 Å². The van der Waals surface area contributed by atoms with Crippen LogP contribution in [0.3, 0.4) is 0 Å². The summed E-state index contributed by atoms with van der Waals surface area (Å²) in [6.45, 7) is 4.92. The van der Waals surface area contributed by atoms with Crippen LogP contribution in [0.4, 0.5) is 17.2 Å². The van der Waals surface area contributed by atoms with E-state index in [1.54, 1.807) is 12.3 Å². The number of rotatable bonds is 3. The molecule has 0 fully saturated rings. The molecule has 0 aliphatic heterocycles. The Bertz CT molecular complexity index is 537. The number of aryl methyl sites for hydroxylation is 1. The maximum atomic E-state index is 6.20. The van der Waals surface area contributed by atoms with Crippen LogP contribution in [0.25, 0.3) is 0 Å². The van der Waals surface area contributed by atoms with Crippen LogP contribution in [0, 0.1) is 6.92 Å². The molecule has 2 aromatic rings. The molecule has 1 aromatic heterocycles. The zero-order valence-corrected chi connectivity index (χ0v) is 11.3. The summed E-state index contributed by atoms with van der Waals surface area (Å²) in [7, 11) is 0. The van der Waals surface area contributed by atoms with Gasteiger partial charge >= 0.3 is 0 Å². The molecule has 0 aliphatic carbocycles. The zero-order valence-electron chi connectivity index (χ0n) is 10.5. The van der Waals surface area contributed by atoms with Gasteiger partial charge in [0.1, 0.15) is 0 Å². The molecule has 0 bridgehead atoms. The van der Waals surface area contributed by atoms with Crippen molar-refractivity contribution < 1.29 is 0 Å². The number of nitrogens with zero attached hydrogens (tertiary/aromatic N) is 2. The van der Waals surface area contributed by atoms with Crippen molar-refractivity contribution >= 4 is 28.8 Å². The highest BCUT2D eigenvalue weighted by atomic mass is 35.5. The molecule has 0 unspecified atom stereocenters. The molecule has 2 N–H and O–H groups in total. The minimum Gasteiger partial charge on any atom is -0.397 e. The average Bonchev–Trinajstić information content (AvgIpc) is 2.35. The van der Waals surface area contributed by atoms with Crippen LogP contribution in [0.2, 0.25) is 5.02 Å². The van der Waals surface area contributed by atoms with Gasteiger partial charge in [0.15, 0.2) is 5.82 Å². The van der Waals surface area contributed by atoms with Gasteiger partial charge in [0.05, 0.1) is 16.9 Å². The van der Waals surface area contributed by atoms with Crippen molar-refractivity contribution in [2.24, 2.45) is 0 Å². The first-order valence-corrected chi connectivity index (χ1v) is 6.25. The minimum atomic E-state index is 0.567. The van der Waals surface area contributed by atoms with Crippen LogP contribution >= 0.6 is 11.6 Å². The molecule has 18 heavy (non-hydrogen) atoms. The molecular weight excluding hydrogens is 246 g/mol. The number of hydrogen-bond donors (Lipinski definition) is 1. The highest BCUT2D eigenvalue weighted by molar-refractivity contribution is 6.33. The number of anilines is 3. The Balaban J connectivity index is 2.41. The van der Waals surface area contributed by atoms with Gasteiger partial charge in [-0.3, -0.25) is 0 Å². The maximum Gasteiger partial charge on any atom is 0.151 e. The van der Waals surface area contributed by atoms with Crippen molar-refractivity contribution in [2.75, 3.05) is 17.2 Å². The fraction of sp³-hybridized carbons (Fsp3) is 0.214. The molecule has 0 saturated carbocycles. The minimum absolute atomic E-state index is 0.567. The maximum absolute atomic E-state index is 6.20. The molecule has 0 amide bonds. The van der Waals surface area contributed by atoms with Crippen LogP contribution in [-0.2, 0) is 0 Å². The number of nitrogen functional groups attached to an aromatic ring is 1. The SMILES string of the molecule is CCN(c1ccc(C)cc1)c1ncc(N)cc1Cl. The molecule has 1 heterocycles. The smallest absolute Gasteiger partial charge is 0.151 e. The van der Waals surface area contributed by atoms with Gasteiger partial charge < -0.3 is 10.6 Å². The summed E-state index contributed by atoms with van der Waals surface area (Å²) in [6.07, 6.45) is 1.62. The second-order valence-electron chi connectivity index (χ2n) is 4.15. The predicted molar refractivity (Wildman–Crippen MR) is 77.5 cm³/mol. The van der Waals surface area contributed by atoms with Crippen molar-refractivity contribution in [3.8, 4) is 0 Å². The number of pyridine rings is 1. The fourth-order valence-electron chi connectivity index (χ4n) is 1.82. The third-order valence-electron chi connectivity index (χ3n) is 2.76. The van der Waals surface area contributed by atoms with E-state index >= 15 is 0 Å². The summed E-state index contributed by atoms with van der Waals surface area (Å²) in [4.78, 5) is 6.37. The van der Waals surface area contributed by atoms with E-state index in [9.17, 15) is 0 Å². The first kappa shape index (κ1) is 12.7. The van der Waals surface area contributed by atoms with Gasteiger partial charge in [-0.25, -0.2) is 4.98 Å². The van der Waals surface area contributed by atoms with Crippen LogP contribution < -0.4 is 10.6 Å². The first-order chi connectivity index (χ1) is 8.61. The Morgan fingerprint density at radius 3 is 2.50 bits per heavy atom. The van der Waals surface area contributed by atoms with E-state index in [0.717, 1.165) is 18.1 Å². The molecule has 0 spiro atoms. The van der Waals surface area contributed by atoms with Crippen molar-refractivity contribution in [1.82, 2.24) is 4.98 Å². The number of hydrogen-bond acceptors (Lipinski definition) is 3. The Morgan fingerprint density at radius 1 is 1.28 bits per heavy atom. The molecule has 0 radical (unpaired) electrons. The lowest BCUT2D eigenvalue weighted by Crippen LogP contribution is -2.17. The van der Waals surface area contributed by atoms with Crippen LogP contribution in [0.1, 0.15) is 12.5 Å². The predicted octanol–water partition coefficient (Wildman–Crippen LogP) is 3.78. The average molecular weight is 262 g/mol. The third-order valence-corrected chi connectivity index (χ3v) is 3.04. The van der Waals surface area contributed by atoms with Gasteiger partial charge in [-0.2, -0.15) is 0 Å². The van der Waals surface area contributed by atoms with Gasteiger partial charge in [-0.05, 0) is 32.0 Å². The highest BCUT2D eigenvalue weighted by Gasteiger charge is 2.12. The summed E-state index contributed by atoms with van der Waals surface area (Å²) in [5.74, 6) is 0.734. The number of nitrogens with two attached hydrogens (primary N) is 1. The molecule has 3 nitrogen and oxygen atoms in total. The van der Waals surface area contributed by atoms with E-state index in [4.69, 9.17) is 17.3 Å². The van der Waals surface area contributed by atoms with E-state index in [1.807, 2.05) is 0 Å². The van der Waals surface area contributed by atoms with E-state index in [-0.39, 0.29) is 0 Å². The van der Waals surface area contributed by atoms with Gasteiger partial charge in [-0.15, -0.1) is 0 Å². The third kappa shape index (κ3) is 2.57. The monoisotopic (exact) mass is 261 g/mol. The van der Waals surface area contributed by atoms with Gasteiger partial charge in [0.25, 0.3) is 0 Å². The lowest BCUT2D eigenvalue weighted by molar-refractivity contribution is 0.990. The van der Waals surface area contributed by atoms with E-state index in [1.165, 1.54) is 5.56 Å². The summed E-state index contributed by atoms with van der Waals surface area (Å²) in [5, 5.41) is 0.567. The number of aromatic nitrogens is 1. The van der Waals surface area contributed by atoms with Crippen molar-refractivity contribution in [2.45, 2.75) is 13.8 Å². The molecule has 0 aliphatic rings. The zero-order chi connectivity index (χ0) is 13.1. The Labute approximate surface area is 112 Å². The Hall–Kier alpha value is -1.74. The standard InChI is InChI=1S/C14H16ClN3/c1-3-18(12-6-4-10(2)5-7-12)14-13(15)8-11(16)9-17-14/h4-9H,3,16H2,1-2H3. The van der Waals surface area contributed by atoms with Crippen molar-refractivity contribution in [3.63, 3.8) is 0 Å². The number of benzene rings is 1. The molecule has 94 valence electrons. The van der Waals surface area contributed by atoms with Crippen LogP contribution in [-0.4, -0.2) is 11.5 Å². The van der Waals surface area contributed by atoms with Gasteiger partial charge in [0, 0.05) is 12.2 Å². The summed E-state index contributed by atoms with van der Waals surface area (Å²) < 4.78 is 0. The molecule has 4 heteroatoms. The topological polar surface area (TPSA) is 42.2 Å². The summed E-state index contributed by atoms with van der Waals surface area (Å²) >= 11 is 6.20. The van der Waals surface area contributed by atoms with Crippen molar-refractivity contribution in [1.29, 1.82) is 0 Å².